The standard InChI is InChI=1S/C12H15N/c1-4-5-12(13)11-7-6-9(2)10(3)8-11/h1,6-8,12H,5,13H2,2-3H3. The van der Waals surface area contributed by atoms with Crippen molar-refractivity contribution >= 4 is 0 Å². The summed E-state index contributed by atoms with van der Waals surface area (Å²) in [7, 11) is 0. The van der Waals surface area contributed by atoms with Crippen LogP contribution in [0.2, 0.25) is 0 Å². The molecule has 0 spiro atoms. The summed E-state index contributed by atoms with van der Waals surface area (Å²) < 4.78 is 0. The summed E-state index contributed by atoms with van der Waals surface area (Å²) in [5, 5.41) is 0. The van der Waals surface area contributed by atoms with Crippen molar-refractivity contribution in [1.82, 2.24) is 0 Å². The lowest BCUT2D eigenvalue weighted by Crippen LogP contribution is -2.09. The lowest BCUT2D eigenvalue weighted by molar-refractivity contribution is 0.753. The molecule has 13 heavy (non-hydrogen) atoms. The summed E-state index contributed by atoms with van der Waals surface area (Å²) in [6.45, 7) is 4.17. The second-order valence-electron chi connectivity index (χ2n) is 3.36. The van der Waals surface area contributed by atoms with Crippen LogP contribution in [0.15, 0.2) is 18.2 Å². The molecule has 0 heterocycles. The number of aryl methyl sites for hydroxylation is 2. The van der Waals surface area contributed by atoms with Crippen molar-refractivity contribution in [3.63, 3.8) is 0 Å². The molecule has 1 rings (SSSR count). The summed E-state index contributed by atoms with van der Waals surface area (Å²) in [6, 6.07) is 6.22. The van der Waals surface area contributed by atoms with Gasteiger partial charge in [-0.25, -0.2) is 0 Å². The van der Waals surface area contributed by atoms with Gasteiger partial charge < -0.3 is 5.73 Å². The van der Waals surface area contributed by atoms with Crippen LogP contribution in [-0.2, 0) is 0 Å². The van der Waals surface area contributed by atoms with Gasteiger partial charge in [0.2, 0.25) is 0 Å². The molecule has 1 atom stereocenters. The molecule has 1 aromatic carbocycles. The zero-order valence-corrected chi connectivity index (χ0v) is 8.17. The Morgan fingerprint density at radius 1 is 1.38 bits per heavy atom. The van der Waals surface area contributed by atoms with Gasteiger partial charge in [0.15, 0.2) is 0 Å². The Morgan fingerprint density at radius 2 is 2.08 bits per heavy atom. The molecule has 0 saturated heterocycles. The highest BCUT2D eigenvalue weighted by Crippen LogP contribution is 2.17. The third-order valence-electron chi connectivity index (χ3n) is 2.30. The van der Waals surface area contributed by atoms with Crippen molar-refractivity contribution in [1.29, 1.82) is 0 Å². The second kappa shape index (κ2) is 4.11. The number of terminal acetylenes is 1. The lowest BCUT2D eigenvalue weighted by Gasteiger charge is -2.10. The molecule has 1 nitrogen and oxygen atoms in total. The highest BCUT2D eigenvalue weighted by atomic mass is 14.6. The van der Waals surface area contributed by atoms with E-state index < -0.39 is 0 Å². The van der Waals surface area contributed by atoms with E-state index in [1.807, 2.05) is 6.07 Å². The van der Waals surface area contributed by atoms with Crippen molar-refractivity contribution < 1.29 is 0 Å². The third kappa shape index (κ3) is 2.34. The number of hydrogen-bond donors (Lipinski definition) is 1. The molecule has 0 aliphatic carbocycles. The van der Waals surface area contributed by atoms with E-state index in [-0.39, 0.29) is 6.04 Å². The minimum Gasteiger partial charge on any atom is -0.323 e. The van der Waals surface area contributed by atoms with Crippen LogP contribution in [0.1, 0.15) is 29.2 Å². The van der Waals surface area contributed by atoms with Crippen LogP contribution in [0.4, 0.5) is 0 Å². The van der Waals surface area contributed by atoms with Gasteiger partial charge in [-0.1, -0.05) is 18.2 Å². The van der Waals surface area contributed by atoms with Crippen LogP contribution >= 0.6 is 0 Å². The fraction of sp³-hybridized carbons (Fsp3) is 0.333. The summed E-state index contributed by atoms with van der Waals surface area (Å²) in [6.07, 6.45) is 5.80. The summed E-state index contributed by atoms with van der Waals surface area (Å²) >= 11 is 0. The van der Waals surface area contributed by atoms with Crippen molar-refractivity contribution in [3.05, 3.63) is 34.9 Å². The smallest absolute Gasteiger partial charge is 0.0405 e. The fourth-order valence-corrected chi connectivity index (χ4v) is 1.24. The van der Waals surface area contributed by atoms with Crippen LogP contribution in [-0.4, -0.2) is 0 Å². The summed E-state index contributed by atoms with van der Waals surface area (Å²) in [4.78, 5) is 0. The Balaban J connectivity index is 2.91. The number of rotatable bonds is 2. The van der Waals surface area contributed by atoms with Gasteiger partial charge in [0.25, 0.3) is 0 Å². The number of hydrogen-bond acceptors (Lipinski definition) is 1. The largest absolute Gasteiger partial charge is 0.323 e. The first-order valence-corrected chi connectivity index (χ1v) is 4.41. The first-order chi connectivity index (χ1) is 6.15. The Morgan fingerprint density at radius 3 is 2.62 bits per heavy atom. The van der Waals surface area contributed by atoms with E-state index >= 15 is 0 Å². The maximum Gasteiger partial charge on any atom is 0.0405 e. The van der Waals surface area contributed by atoms with Crippen LogP contribution in [0.25, 0.3) is 0 Å². The van der Waals surface area contributed by atoms with Gasteiger partial charge in [-0.05, 0) is 30.5 Å². The number of nitrogens with two attached hydrogens (primary N) is 1. The first kappa shape index (κ1) is 9.83. The average Bonchev–Trinajstić information content (AvgIpc) is 2.10. The lowest BCUT2D eigenvalue weighted by atomic mass is 10.00. The van der Waals surface area contributed by atoms with E-state index in [1.54, 1.807) is 0 Å². The predicted octanol–water partition coefficient (Wildman–Crippen LogP) is 2.33. The van der Waals surface area contributed by atoms with Crippen molar-refractivity contribution in [2.24, 2.45) is 5.73 Å². The molecule has 0 saturated carbocycles. The second-order valence-corrected chi connectivity index (χ2v) is 3.36. The molecule has 0 bridgehead atoms. The molecule has 1 unspecified atom stereocenters. The van der Waals surface area contributed by atoms with Crippen LogP contribution in [0, 0.1) is 26.2 Å². The first-order valence-electron chi connectivity index (χ1n) is 4.41. The summed E-state index contributed by atoms with van der Waals surface area (Å²) in [5.74, 6) is 2.58. The van der Waals surface area contributed by atoms with Gasteiger partial charge >= 0.3 is 0 Å². The highest BCUT2D eigenvalue weighted by Gasteiger charge is 2.04. The van der Waals surface area contributed by atoms with Crippen LogP contribution in [0.5, 0.6) is 0 Å². The maximum absolute atomic E-state index is 5.88. The van der Waals surface area contributed by atoms with Crippen molar-refractivity contribution in [2.75, 3.05) is 0 Å². The summed E-state index contributed by atoms with van der Waals surface area (Å²) in [5.41, 5.74) is 9.57. The van der Waals surface area contributed by atoms with E-state index in [2.05, 4.69) is 31.9 Å². The SMILES string of the molecule is C#CCC(N)c1ccc(C)c(C)c1. The fourth-order valence-electron chi connectivity index (χ4n) is 1.24. The van der Waals surface area contributed by atoms with Gasteiger partial charge in [-0.2, -0.15) is 0 Å². The van der Waals surface area contributed by atoms with E-state index in [1.165, 1.54) is 11.1 Å². The van der Waals surface area contributed by atoms with Crippen molar-refractivity contribution in [2.45, 2.75) is 26.3 Å². The normalized spacial score (nSPS) is 12.2. The molecular formula is C12H15N. The molecule has 0 amide bonds. The van der Waals surface area contributed by atoms with Gasteiger partial charge in [0.05, 0.1) is 0 Å². The molecule has 0 fully saturated rings. The van der Waals surface area contributed by atoms with E-state index in [4.69, 9.17) is 12.2 Å². The molecule has 0 aromatic heterocycles. The third-order valence-corrected chi connectivity index (χ3v) is 2.30. The Hall–Kier alpha value is -1.26. The molecule has 0 radical (unpaired) electrons. The Kier molecular flexibility index (Phi) is 3.11. The Bertz CT molecular complexity index is 333. The Labute approximate surface area is 80.0 Å². The van der Waals surface area contributed by atoms with Crippen LogP contribution in [0.3, 0.4) is 0 Å². The molecule has 68 valence electrons. The average molecular weight is 173 g/mol. The zero-order chi connectivity index (χ0) is 9.84. The molecule has 2 N–H and O–H groups in total. The minimum atomic E-state index is -0.0238. The zero-order valence-electron chi connectivity index (χ0n) is 8.17. The topological polar surface area (TPSA) is 26.0 Å². The highest BCUT2D eigenvalue weighted by molar-refractivity contribution is 5.31. The monoisotopic (exact) mass is 173 g/mol. The minimum absolute atomic E-state index is 0.0238. The molecule has 0 aliphatic rings. The molecule has 0 aliphatic heterocycles. The van der Waals surface area contributed by atoms with E-state index in [9.17, 15) is 0 Å². The van der Waals surface area contributed by atoms with Gasteiger partial charge in [0.1, 0.15) is 0 Å². The molecule has 1 aromatic rings. The predicted molar refractivity (Wildman–Crippen MR) is 56.3 cm³/mol. The van der Waals surface area contributed by atoms with Crippen molar-refractivity contribution in [3.8, 4) is 12.3 Å². The van der Waals surface area contributed by atoms with Gasteiger partial charge in [-0.3, -0.25) is 0 Å². The van der Waals surface area contributed by atoms with E-state index in [0.29, 0.717) is 6.42 Å². The molecule has 1 heteroatoms. The van der Waals surface area contributed by atoms with Crippen LogP contribution < -0.4 is 5.73 Å². The van der Waals surface area contributed by atoms with E-state index in [0.717, 1.165) is 5.56 Å². The number of benzene rings is 1. The maximum atomic E-state index is 5.88. The van der Waals surface area contributed by atoms with Gasteiger partial charge in [-0.15, -0.1) is 12.3 Å². The molecular weight excluding hydrogens is 158 g/mol. The quantitative estimate of drug-likeness (QED) is 0.682. The van der Waals surface area contributed by atoms with Gasteiger partial charge in [0, 0.05) is 12.5 Å².